The van der Waals surface area contributed by atoms with Crippen LogP contribution in [0.25, 0.3) is 0 Å². The zero-order valence-corrected chi connectivity index (χ0v) is 11.5. The number of ether oxygens (including phenoxy) is 1. The molecule has 0 aliphatic carbocycles. The SMILES string of the molecule is Fc1ccc(NCCOc2ccc(Cl)cc2Cl)cc1. The minimum Gasteiger partial charge on any atom is -0.490 e. The van der Waals surface area contributed by atoms with Crippen molar-refractivity contribution in [2.45, 2.75) is 0 Å². The summed E-state index contributed by atoms with van der Waals surface area (Å²) in [5.74, 6) is 0.335. The lowest BCUT2D eigenvalue weighted by Gasteiger charge is -2.10. The van der Waals surface area contributed by atoms with Crippen LogP contribution in [0.5, 0.6) is 5.75 Å². The van der Waals surface area contributed by atoms with Crippen LogP contribution in [0.1, 0.15) is 0 Å². The van der Waals surface area contributed by atoms with Crippen molar-refractivity contribution in [3.05, 3.63) is 58.3 Å². The molecule has 0 radical (unpaired) electrons. The summed E-state index contributed by atoms with van der Waals surface area (Å²) >= 11 is 11.8. The zero-order chi connectivity index (χ0) is 13.7. The van der Waals surface area contributed by atoms with Crippen LogP contribution < -0.4 is 10.1 Å². The molecule has 0 amide bonds. The molecule has 0 fully saturated rings. The Morgan fingerprint density at radius 2 is 1.79 bits per heavy atom. The van der Waals surface area contributed by atoms with E-state index in [1.165, 1.54) is 12.1 Å². The summed E-state index contributed by atoms with van der Waals surface area (Å²) < 4.78 is 18.2. The molecular formula is C14H12Cl2FNO. The summed E-state index contributed by atoms with van der Waals surface area (Å²) in [6.07, 6.45) is 0. The zero-order valence-electron chi connectivity index (χ0n) is 10.00. The molecule has 19 heavy (non-hydrogen) atoms. The van der Waals surface area contributed by atoms with Crippen LogP contribution >= 0.6 is 23.2 Å². The minimum absolute atomic E-state index is 0.255. The molecule has 2 aromatic carbocycles. The van der Waals surface area contributed by atoms with Gasteiger partial charge < -0.3 is 10.1 Å². The summed E-state index contributed by atoms with van der Waals surface area (Å²) in [6, 6.07) is 11.2. The minimum atomic E-state index is -0.255. The van der Waals surface area contributed by atoms with E-state index >= 15 is 0 Å². The normalized spacial score (nSPS) is 10.3. The maximum absolute atomic E-state index is 12.7. The van der Waals surface area contributed by atoms with Crippen LogP contribution in [0.15, 0.2) is 42.5 Å². The fourth-order valence-electron chi connectivity index (χ4n) is 1.52. The van der Waals surface area contributed by atoms with Crippen molar-refractivity contribution in [2.75, 3.05) is 18.5 Å². The van der Waals surface area contributed by atoms with E-state index in [0.717, 1.165) is 5.69 Å². The number of nitrogens with one attached hydrogen (secondary N) is 1. The van der Waals surface area contributed by atoms with Crippen molar-refractivity contribution >= 4 is 28.9 Å². The number of hydrogen-bond donors (Lipinski definition) is 1. The van der Waals surface area contributed by atoms with Crippen LogP contribution in [-0.4, -0.2) is 13.2 Å². The third-order valence-corrected chi connectivity index (χ3v) is 2.96. The fraction of sp³-hybridized carbons (Fsp3) is 0.143. The van der Waals surface area contributed by atoms with Crippen molar-refractivity contribution in [1.82, 2.24) is 0 Å². The largest absolute Gasteiger partial charge is 0.490 e. The van der Waals surface area contributed by atoms with Gasteiger partial charge in [-0.05, 0) is 42.5 Å². The maximum Gasteiger partial charge on any atom is 0.138 e. The van der Waals surface area contributed by atoms with E-state index in [2.05, 4.69) is 5.32 Å². The van der Waals surface area contributed by atoms with Crippen LogP contribution in [0.4, 0.5) is 10.1 Å². The molecule has 2 nitrogen and oxygen atoms in total. The average Bonchev–Trinajstić information content (AvgIpc) is 2.39. The molecule has 0 aliphatic rings. The van der Waals surface area contributed by atoms with Gasteiger partial charge in [-0.1, -0.05) is 23.2 Å². The number of hydrogen-bond acceptors (Lipinski definition) is 2. The van der Waals surface area contributed by atoms with E-state index in [1.807, 2.05) is 0 Å². The molecule has 0 saturated heterocycles. The van der Waals surface area contributed by atoms with Gasteiger partial charge in [0.15, 0.2) is 0 Å². The third-order valence-electron chi connectivity index (χ3n) is 2.43. The first-order valence-corrected chi connectivity index (χ1v) is 6.48. The van der Waals surface area contributed by atoms with E-state index in [4.69, 9.17) is 27.9 Å². The Balaban J connectivity index is 1.79. The molecule has 0 spiro atoms. The van der Waals surface area contributed by atoms with Crippen molar-refractivity contribution in [1.29, 1.82) is 0 Å². The summed E-state index contributed by atoms with van der Waals surface area (Å²) in [5, 5.41) is 4.16. The van der Waals surface area contributed by atoms with E-state index < -0.39 is 0 Å². The van der Waals surface area contributed by atoms with Gasteiger partial charge in [0.1, 0.15) is 18.2 Å². The molecule has 5 heteroatoms. The molecule has 0 bridgehead atoms. The van der Waals surface area contributed by atoms with Gasteiger partial charge in [0.2, 0.25) is 0 Å². The summed E-state index contributed by atoms with van der Waals surface area (Å²) in [5.41, 5.74) is 0.840. The highest BCUT2D eigenvalue weighted by atomic mass is 35.5. The van der Waals surface area contributed by atoms with E-state index in [-0.39, 0.29) is 5.82 Å². The second kappa shape index (κ2) is 6.64. The molecule has 100 valence electrons. The van der Waals surface area contributed by atoms with Crippen molar-refractivity contribution in [3.63, 3.8) is 0 Å². The third kappa shape index (κ3) is 4.30. The van der Waals surface area contributed by atoms with Crippen molar-refractivity contribution in [2.24, 2.45) is 0 Å². The van der Waals surface area contributed by atoms with Gasteiger partial charge in [0.25, 0.3) is 0 Å². The molecule has 2 aromatic rings. The van der Waals surface area contributed by atoms with Crippen LogP contribution in [-0.2, 0) is 0 Å². The lowest BCUT2D eigenvalue weighted by molar-refractivity contribution is 0.333. The second-order valence-electron chi connectivity index (χ2n) is 3.86. The number of rotatable bonds is 5. The van der Waals surface area contributed by atoms with E-state index in [9.17, 15) is 4.39 Å². The molecule has 2 rings (SSSR count). The Labute approximate surface area is 121 Å². The number of anilines is 1. The Kier molecular flexibility index (Phi) is 4.88. The molecule has 0 saturated carbocycles. The topological polar surface area (TPSA) is 21.3 Å². The molecular weight excluding hydrogens is 288 g/mol. The quantitative estimate of drug-likeness (QED) is 0.813. The first-order chi connectivity index (χ1) is 9.15. The standard InChI is InChI=1S/C14H12Cl2FNO/c15-10-1-6-14(13(16)9-10)19-8-7-18-12-4-2-11(17)3-5-12/h1-6,9,18H,7-8H2. The Morgan fingerprint density at radius 1 is 1.05 bits per heavy atom. The van der Waals surface area contributed by atoms with Gasteiger partial charge in [-0.15, -0.1) is 0 Å². The summed E-state index contributed by atoms with van der Waals surface area (Å²) in [4.78, 5) is 0. The first kappa shape index (κ1) is 14.0. The smallest absolute Gasteiger partial charge is 0.138 e. The van der Waals surface area contributed by atoms with Crippen LogP contribution in [0.3, 0.4) is 0 Å². The highest BCUT2D eigenvalue weighted by molar-refractivity contribution is 6.35. The van der Waals surface area contributed by atoms with Gasteiger partial charge in [0, 0.05) is 17.3 Å². The summed E-state index contributed by atoms with van der Waals surface area (Å²) in [7, 11) is 0. The molecule has 0 unspecified atom stereocenters. The van der Waals surface area contributed by atoms with Gasteiger partial charge >= 0.3 is 0 Å². The highest BCUT2D eigenvalue weighted by Crippen LogP contribution is 2.27. The lowest BCUT2D eigenvalue weighted by Crippen LogP contribution is -2.11. The van der Waals surface area contributed by atoms with Gasteiger partial charge in [0.05, 0.1) is 5.02 Å². The Morgan fingerprint density at radius 3 is 2.47 bits per heavy atom. The Hall–Kier alpha value is -1.45. The number of benzene rings is 2. The molecule has 1 N–H and O–H groups in total. The lowest BCUT2D eigenvalue weighted by atomic mass is 10.3. The predicted octanol–water partition coefficient (Wildman–Crippen LogP) is 4.62. The van der Waals surface area contributed by atoms with E-state index in [1.54, 1.807) is 30.3 Å². The maximum atomic E-state index is 12.7. The van der Waals surface area contributed by atoms with Crippen molar-refractivity contribution in [3.8, 4) is 5.75 Å². The molecule has 0 aromatic heterocycles. The van der Waals surface area contributed by atoms with Gasteiger partial charge in [-0.3, -0.25) is 0 Å². The van der Waals surface area contributed by atoms with Gasteiger partial charge in [-0.25, -0.2) is 4.39 Å². The average molecular weight is 300 g/mol. The van der Waals surface area contributed by atoms with Crippen LogP contribution in [0, 0.1) is 5.82 Å². The molecule has 0 atom stereocenters. The molecule has 0 aliphatic heterocycles. The van der Waals surface area contributed by atoms with Crippen LogP contribution in [0.2, 0.25) is 10.0 Å². The predicted molar refractivity (Wildman–Crippen MR) is 76.8 cm³/mol. The first-order valence-electron chi connectivity index (χ1n) is 5.72. The monoisotopic (exact) mass is 299 g/mol. The second-order valence-corrected chi connectivity index (χ2v) is 4.70. The van der Waals surface area contributed by atoms with Crippen molar-refractivity contribution < 1.29 is 9.13 Å². The van der Waals surface area contributed by atoms with E-state index in [0.29, 0.717) is 28.9 Å². The summed E-state index contributed by atoms with van der Waals surface area (Å²) in [6.45, 7) is 1.03. The fourth-order valence-corrected chi connectivity index (χ4v) is 1.98. The Bertz CT molecular complexity index is 546. The number of halogens is 3. The van der Waals surface area contributed by atoms with Gasteiger partial charge in [-0.2, -0.15) is 0 Å². The highest BCUT2D eigenvalue weighted by Gasteiger charge is 2.01. The molecule has 0 heterocycles.